The zero-order valence-electron chi connectivity index (χ0n) is 20.8. The van der Waals surface area contributed by atoms with Gasteiger partial charge in [0.15, 0.2) is 5.69 Å². The lowest BCUT2D eigenvalue weighted by Crippen LogP contribution is -2.18. The molecule has 0 amide bonds. The summed E-state index contributed by atoms with van der Waals surface area (Å²) in [5.74, 6) is 0.297. The highest BCUT2D eigenvalue weighted by Crippen LogP contribution is 2.36. The Kier molecular flexibility index (Phi) is 6.89. The van der Waals surface area contributed by atoms with Gasteiger partial charge in [-0.15, -0.1) is 0 Å². The molecule has 3 aromatic heterocycles. The van der Waals surface area contributed by atoms with Crippen LogP contribution in [0.2, 0.25) is 5.02 Å². The van der Waals surface area contributed by atoms with Crippen LogP contribution >= 0.6 is 11.6 Å². The molecule has 0 radical (unpaired) electrons. The molecule has 1 aromatic carbocycles. The number of imidazole rings is 1. The van der Waals surface area contributed by atoms with Crippen LogP contribution in [-0.2, 0) is 30.6 Å². The van der Waals surface area contributed by atoms with Crippen molar-refractivity contribution >= 4 is 11.6 Å². The predicted molar refractivity (Wildman–Crippen MR) is 134 cm³/mol. The molecule has 5 rings (SSSR count). The second kappa shape index (κ2) is 9.98. The van der Waals surface area contributed by atoms with Gasteiger partial charge in [0, 0.05) is 30.9 Å². The van der Waals surface area contributed by atoms with E-state index in [1.807, 2.05) is 41.4 Å². The second-order valence-electron chi connectivity index (χ2n) is 9.43. The standard InChI is InChI=1S/C26H28ClF3N6O/c1-4-34-14-23(26(28,29)30)32-25(34)18-9-7-17(8-10-18)15-37-22-6-5-11-35-21(22)12-20(33-35)24-19(27)13-31-36(24)16(2)3/h7-10,12-14,16,22H,4-6,11,15H2,1-3H3. The highest BCUT2D eigenvalue weighted by molar-refractivity contribution is 6.32. The van der Waals surface area contributed by atoms with Crippen molar-refractivity contribution in [2.24, 2.45) is 0 Å². The largest absolute Gasteiger partial charge is 0.434 e. The normalized spacial score (nSPS) is 15.9. The Balaban J connectivity index is 1.32. The number of aryl methyl sites for hydroxylation is 2. The highest BCUT2D eigenvalue weighted by Gasteiger charge is 2.35. The number of rotatable bonds is 7. The summed E-state index contributed by atoms with van der Waals surface area (Å²) in [5.41, 5.74) is 3.23. The maximum atomic E-state index is 13.1. The Morgan fingerprint density at radius 1 is 1.19 bits per heavy atom. The molecule has 196 valence electrons. The summed E-state index contributed by atoms with van der Waals surface area (Å²) in [5, 5.41) is 9.74. The van der Waals surface area contributed by atoms with Gasteiger partial charge < -0.3 is 9.30 Å². The van der Waals surface area contributed by atoms with E-state index in [1.165, 1.54) is 4.57 Å². The molecule has 0 N–H and O–H groups in total. The van der Waals surface area contributed by atoms with Gasteiger partial charge in [-0.1, -0.05) is 35.9 Å². The lowest BCUT2D eigenvalue weighted by molar-refractivity contribution is -0.140. The third-order valence-electron chi connectivity index (χ3n) is 6.53. The lowest BCUT2D eigenvalue weighted by atomic mass is 10.1. The zero-order valence-corrected chi connectivity index (χ0v) is 21.6. The van der Waals surface area contributed by atoms with E-state index < -0.39 is 11.9 Å². The number of halogens is 4. The van der Waals surface area contributed by atoms with E-state index in [0.29, 0.717) is 29.6 Å². The second-order valence-corrected chi connectivity index (χ2v) is 9.84. The molecule has 1 atom stereocenters. The molecular weight excluding hydrogens is 505 g/mol. The molecule has 0 fully saturated rings. The van der Waals surface area contributed by atoms with Crippen LogP contribution in [0.4, 0.5) is 13.2 Å². The Bertz CT molecular complexity index is 1390. The maximum Gasteiger partial charge on any atom is 0.434 e. The van der Waals surface area contributed by atoms with Gasteiger partial charge >= 0.3 is 6.18 Å². The van der Waals surface area contributed by atoms with E-state index in [4.69, 9.17) is 21.4 Å². The molecule has 37 heavy (non-hydrogen) atoms. The maximum absolute atomic E-state index is 13.1. The van der Waals surface area contributed by atoms with Crippen LogP contribution in [-0.4, -0.2) is 29.1 Å². The number of ether oxygens (including phenoxy) is 1. The summed E-state index contributed by atoms with van der Waals surface area (Å²) in [6, 6.07) is 9.47. The molecule has 0 saturated carbocycles. The van der Waals surface area contributed by atoms with Crippen molar-refractivity contribution in [1.82, 2.24) is 29.1 Å². The van der Waals surface area contributed by atoms with Gasteiger partial charge in [-0.2, -0.15) is 23.4 Å². The van der Waals surface area contributed by atoms with Crippen molar-refractivity contribution in [2.75, 3.05) is 0 Å². The molecule has 0 spiro atoms. The number of alkyl halides is 3. The minimum absolute atomic E-state index is 0.128. The average Bonchev–Trinajstić information content (AvgIpc) is 3.58. The van der Waals surface area contributed by atoms with E-state index in [-0.39, 0.29) is 12.1 Å². The zero-order chi connectivity index (χ0) is 26.3. The number of hydrogen-bond acceptors (Lipinski definition) is 4. The summed E-state index contributed by atoms with van der Waals surface area (Å²) >= 11 is 6.44. The van der Waals surface area contributed by atoms with Gasteiger partial charge in [0.2, 0.25) is 0 Å². The first-order valence-corrected chi connectivity index (χ1v) is 12.7. The first-order chi connectivity index (χ1) is 17.7. The van der Waals surface area contributed by atoms with E-state index in [2.05, 4.69) is 10.1 Å². The molecule has 0 bridgehead atoms. The number of nitrogens with zero attached hydrogens (tertiary/aromatic N) is 6. The first kappa shape index (κ1) is 25.5. The van der Waals surface area contributed by atoms with Gasteiger partial charge in [0.05, 0.1) is 29.6 Å². The molecule has 1 aliphatic rings. The number of fused-ring (bicyclic) bond motifs is 1. The molecule has 11 heteroatoms. The van der Waals surface area contributed by atoms with Gasteiger partial charge in [-0.3, -0.25) is 9.36 Å². The summed E-state index contributed by atoms with van der Waals surface area (Å²) in [4.78, 5) is 3.82. The average molecular weight is 533 g/mol. The number of aromatic nitrogens is 6. The third kappa shape index (κ3) is 5.04. The first-order valence-electron chi connectivity index (χ1n) is 12.3. The number of benzene rings is 1. The summed E-state index contributed by atoms with van der Waals surface area (Å²) in [6.07, 6.45) is -0.102. The Morgan fingerprint density at radius 3 is 2.62 bits per heavy atom. The van der Waals surface area contributed by atoms with Crippen LogP contribution < -0.4 is 0 Å². The van der Waals surface area contributed by atoms with Crippen molar-refractivity contribution in [2.45, 2.75) is 71.6 Å². The molecule has 1 unspecified atom stereocenters. The smallest absolute Gasteiger partial charge is 0.367 e. The van der Waals surface area contributed by atoms with Crippen molar-refractivity contribution < 1.29 is 17.9 Å². The van der Waals surface area contributed by atoms with Crippen LogP contribution in [0.1, 0.15) is 62.7 Å². The Labute approximate surface area is 217 Å². The van der Waals surface area contributed by atoms with Crippen molar-refractivity contribution in [3.8, 4) is 22.8 Å². The van der Waals surface area contributed by atoms with Gasteiger partial charge in [-0.05, 0) is 45.2 Å². The monoisotopic (exact) mass is 532 g/mol. The minimum atomic E-state index is -4.48. The van der Waals surface area contributed by atoms with E-state index in [0.717, 1.165) is 48.2 Å². The van der Waals surface area contributed by atoms with Crippen molar-refractivity contribution in [3.05, 3.63) is 64.7 Å². The summed E-state index contributed by atoms with van der Waals surface area (Å²) in [7, 11) is 0. The molecular formula is C26H28ClF3N6O. The van der Waals surface area contributed by atoms with Crippen LogP contribution in [0.15, 0.2) is 42.7 Å². The van der Waals surface area contributed by atoms with Crippen LogP contribution in [0, 0.1) is 0 Å². The van der Waals surface area contributed by atoms with Crippen molar-refractivity contribution in [1.29, 1.82) is 0 Å². The summed E-state index contributed by atoms with van der Waals surface area (Å²) < 4.78 is 51.0. The molecule has 0 saturated heterocycles. The summed E-state index contributed by atoms with van der Waals surface area (Å²) in [6.45, 7) is 7.45. The SMILES string of the molecule is CCn1cc(C(F)(F)F)nc1-c1ccc(COC2CCCn3nc(-c4c(Cl)cnn4C(C)C)cc32)cc1. The molecule has 7 nitrogen and oxygen atoms in total. The van der Waals surface area contributed by atoms with Crippen LogP contribution in [0.3, 0.4) is 0 Å². The van der Waals surface area contributed by atoms with E-state index in [9.17, 15) is 13.2 Å². The lowest BCUT2D eigenvalue weighted by Gasteiger charge is -2.23. The molecule has 1 aliphatic heterocycles. The Hall–Kier alpha value is -3.11. The van der Waals surface area contributed by atoms with Gasteiger partial charge in [0.1, 0.15) is 17.2 Å². The van der Waals surface area contributed by atoms with Crippen LogP contribution in [0.5, 0.6) is 0 Å². The fraction of sp³-hybridized carbons (Fsp3) is 0.423. The highest BCUT2D eigenvalue weighted by atomic mass is 35.5. The molecule has 4 heterocycles. The Morgan fingerprint density at radius 2 is 1.95 bits per heavy atom. The van der Waals surface area contributed by atoms with Crippen molar-refractivity contribution in [3.63, 3.8) is 0 Å². The van der Waals surface area contributed by atoms with Gasteiger partial charge in [0.25, 0.3) is 0 Å². The minimum Gasteiger partial charge on any atom is -0.367 e. The fourth-order valence-electron chi connectivity index (χ4n) is 4.67. The quantitative estimate of drug-likeness (QED) is 0.259. The third-order valence-corrected chi connectivity index (χ3v) is 6.81. The molecule has 0 aliphatic carbocycles. The van der Waals surface area contributed by atoms with E-state index in [1.54, 1.807) is 25.3 Å². The fourth-order valence-corrected chi connectivity index (χ4v) is 4.90. The predicted octanol–water partition coefficient (Wildman–Crippen LogP) is 6.93. The van der Waals surface area contributed by atoms with Gasteiger partial charge in [-0.25, -0.2) is 4.98 Å². The topological polar surface area (TPSA) is 62.7 Å². The van der Waals surface area contributed by atoms with E-state index >= 15 is 0 Å². The molecule has 4 aromatic rings. The number of hydrogen-bond donors (Lipinski definition) is 0. The van der Waals surface area contributed by atoms with Crippen LogP contribution in [0.25, 0.3) is 22.8 Å².